The smallest absolute Gasteiger partial charge is 0.242 e. The number of benzene rings is 1. The van der Waals surface area contributed by atoms with Gasteiger partial charge in [-0.3, -0.25) is 4.79 Å². The summed E-state index contributed by atoms with van der Waals surface area (Å²) < 4.78 is 22.5. The summed E-state index contributed by atoms with van der Waals surface area (Å²) in [4.78, 5) is 13.7. The zero-order valence-corrected chi connectivity index (χ0v) is 11.7. The highest BCUT2D eigenvalue weighted by atomic mass is 32.2. The fourth-order valence-corrected chi connectivity index (χ4v) is 2.57. The van der Waals surface area contributed by atoms with Crippen molar-refractivity contribution in [1.82, 2.24) is 0 Å². The first kappa shape index (κ1) is 14.0. The largest absolute Gasteiger partial charge is 0.326 e. The molecule has 1 fully saturated rings. The van der Waals surface area contributed by atoms with Gasteiger partial charge in [-0.15, -0.1) is 0 Å². The Hall–Kier alpha value is -1.40. The second-order valence-electron chi connectivity index (χ2n) is 4.94. The normalized spacial score (nSPS) is 15.3. The number of carbonyl (C=O) groups is 1. The van der Waals surface area contributed by atoms with Crippen LogP contribution in [0.4, 0.5) is 5.69 Å². The van der Waals surface area contributed by atoms with E-state index in [0.29, 0.717) is 6.54 Å². The van der Waals surface area contributed by atoms with Gasteiger partial charge in [0, 0.05) is 24.5 Å². The van der Waals surface area contributed by atoms with E-state index in [1.807, 2.05) is 24.3 Å². The molecule has 0 bridgehead atoms. The number of rotatable bonds is 5. The van der Waals surface area contributed by atoms with Crippen molar-refractivity contribution in [3.63, 3.8) is 0 Å². The minimum absolute atomic E-state index is 0.137. The molecule has 0 atom stereocenters. The number of hydrogen-bond acceptors (Lipinski definition) is 4. The minimum Gasteiger partial charge on any atom is -0.326 e. The Morgan fingerprint density at radius 3 is 2.32 bits per heavy atom. The maximum Gasteiger partial charge on any atom is 0.242 e. The van der Waals surface area contributed by atoms with Crippen molar-refractivity contribution in [2.24, 2.45) is 5.73 Å². The van der Waals surface area contributed by atoms with Crippen molar-refractivity contribution in [2.45, 2.75) is 25.4 Å². The van der Waals surface area contributed by atoms with Crippen LogP contribution in [0.25, 0.3) is 0 Å². The van der Waals surface area contributed by atoms with Crippen LogP contribution in [0.1, 0.15) is 18.4 Å². The molecule has 1 amide bonds. The molecule has 0 saturated heterocycles. The van der Waals surface area contributed by atoms with Gasteiger partial charge in [-0.25, -0.2) is 8.42 Å². The molecule has 0 unspecified atom stereocenters. The molecule has 1 saturated carbocycles. The third kappa shape index (κ3) is 3.78. The van der Waals surface area contributed by atoms with Crippen molar-refractivity contribution in [2.75, 3.05) is 16.9 Å². The topological polar surface area (TPSA) is 80.5 Å². The number of anilines is 1. The summed E-state index contributed by atoms with van der Waals surface area (Å²) in [5, 5.41) is 0. The lowest BCUT2D eigenvalue weighted by atomic mass is 10.2. The second kappa shape index (κ2) is 5.30. The van der Waals surface area contributed by atoms with Crippen molar-refractivity contribution < 1.29 is 13.2 Å². The molecular formula is C13H18N2O3S. The van der Waals surface area contributed by atoms with E-state index in [-0.39, 0.29) is 11.9 Å². The van der Waals surface area contributed by atoms with Crippen molar-refractivity contribution in [3.05, 3.63) is 29.8 Å². The van der Waals surface area contributed by atoms with E-state index < -0.39 is 15.6 Å². The summed E-state index contributed by atoms with van der Waals surface area (Å²) in [6.07, 6.45) is 2.93. The molecule has 19 heavy (non-hydrogen) atoms. The summed E-state index contributed by atoms with van der Waals surface area (Å²) in [5.74, 6) is -0.798. The van der Waals surface area contributed by atoms with Gasteiger partial charge in [0.25, 0.3) is 0 Å². The molecule has 5 nitrogen and oxygen atoms in total. The van der Waals surface area contributed by atoms with Crippen molar-refractivity contribution in [3.8, 4) is 0 Å². The van der Waals surface area contributed by atoms with E-state index in [1.165, 1.54) is 0 Å². The number of carbonyl (C=O) groups excluding carboxylic acids is 1. The zero-order chi connectivity index (χ0) is 14.0. The molecule has 0 radical (unpaired) electrons. The van der Waals surface area contributed by atoms with Crippen LogP contribution < -0.4 is 10.6 Å². The first-order chi connectivity index (χ1) is 8.90. The standard InChI is InChI=1S/C13H18N2O3S/c1-19(17,18)9-13(16)15(12-6-7-12)11-4-2-10(8-14)3-5-11/h2-5,12H,6-9,14H2,1H3. The van der Waals surface area contributed by atoms with Crippen molar-refractivity contribution >= 4 is 21.4 Å². The van der Waals surface area contributed by atoms with Crippen LogP contribution in [0.15, 0.2) is 24.3 Å². The van der Waals surface area contributed by atoms with Gasteiger partial charge < -0.3 is 10.6 Å². The first-order valence-electron chi connectivity index (χ1n) is 6.19. The summed E-state index contributed by atoms with van der Waals surface area (Å²) in [7, 11) is -3.31. The summed E-state index contributed by atoms with van der Waals surface area (Å²) >= 11 is 0. The highest BCUT2D eigenvalue weighted by Crippen LogP contribution is 2.32. The van der Waals surface area contributed by atoms with E-state index in [9.17, 15) is 13.2 Å². The van der Waals surface area contributed by atoms with E-state index >= 15 is 0 Å². The van der Waals surface area contributed by atoms with Crippen LogP contribution in [0, 0.1) is 0 Å². The number of hydrogen-bond donors (Lipinski definition) is 1. The van der Waals surface area contributed by atoms with E-state index in [1.54, 1.807) is 4.90 Å². The molecule has 104 valence electrons. The predicted molar refractivity (Wildman–Crippen MR) is 74.6 cm³/mol. The van der Waals surface area contributed by atoms with Gasteiger partial charge >= 0.3 is 0 Å². The molecule has 2 rings (SSSR count). The average Bonchev–Trinajstić information content (AvgIpc) is 3.12. The Morgan fingerprint density at radius 2 is 1.89 bits per heavy atom. The van der Waals surface area contributed by atoms with Gasteiger partial charge in [-0.1, -0.05) is 12.1 Å². The Labute approximate surface area is 113 Å². The Balaban J connectivity index is 2.22. The van der Waals surface area contributed by atoms with Crippen LogP contribution in [-0.2, 0) is 21.2 Å². The molecule has 1 aromatic carbocycles. The second-order valence-corrected chi connectivity index (χ2v) is 7.08. The van der Waals surface area contributed by atoms with Gasteiger partial charge in [0.2, 0.25) is 5.91 Å². The van der Waals surface area contributed by atoms with E-state index in [2.05, 4.69) is 0 Å². The monoisotopic (exact) mass is 282 g/mol. The fraction of sp³-hybridized carbons (Fsp3) is 0.462. The van der Waals surface area contributed by atoms with Gasteiger partial charge in [0.1, 0.15) is 5.75 Å². The summed E-state index contributed by atoms with van der Waals surface area (Å²) in [6.45, 7) is 0.445. The van der Waals surface area contributed by atoms with Crippen LogP contribution in [0.3, 0.4) is 0 Å². The fourth-order valence-electron chi connectivity index (χ4n) is 1.98. The molecule has 0 heterocycles. The quantitative estimate of drug-likeness (QED) is 0.861. The molecule has 0 aliphatic heterocycles. The first-order valence-corrected chi connectivity index (χ1v) is 8.25. The Kier molecular flexibility index (Phi) is 3.91. The Bertz CT molecular complexity index is 562. The molecule has 0 spiro atoms. The highest BCUT2D eigenvalue weighted by molar-refractivity contribution is 7.91. The maximum atomic E-state index is 12.1. The predicted octanol–water partition coefficient (Wildman–Crippen LogP) is 0.685. The van der Waals surface area contributed by atoms with Crippen LogP contribution in [-0.4, -0.2) is 32.4 Å². The third-order valence-electron chi connectivity index (χ3n) is 3.02. The van der Waals surface area contributed by atoms with Gasteiger partial charge in [-0.05, 0) is 30.5 Å². The molecule has 1 aliphatic carbocycles. The maximum absolute atomic E-state index is 12.1. The van der Waals surface area contributed by atoms with E-state index in [0.717, 1.165) is 30.3 Å². The Morgan fingerprint density at radius 1 is 1.32 bits per heavy atom. The van der Waals surface area contributed by atoms with Gasteiger partial charge in [0.05, 0.1) is 0 Å². The molecule has 1 aromatic rings. The number of nitrogens with zero attached hydrogens (tertiary/aromatic N) is 1. The molecular weight excluding hydrogens is 264 g/mol. The lowest BCUT2D eigenvalue weighted by molar-refractivity contribution is -0.116. The number of sulfone groups is 1. The molecule has 0 aromatic heterocycles. The van der Waals surface area contributed by atoms with E-state index in [4.69, 9.17) is 5.73 Å². The summed E-state index contributed by atoms with van der Waals surface area (Å²) in [5.41, 5.74) is 7.26. The van der Waals surface area contributed by atoms with Gasteiger partial charge in [-0.2, -0.15) is 0 Å². The highest BCUT2D eigenvalue weighted by Gasteiger charge is 2.34. The lowest BCUT2D eigenvalue weighted by Gasteiger charge is -2.22. The number of nitrogens with two attached hydrogens (primary N) is 1. The SMILES string of the molecule is CS(=O)(=O)CC(=O)N(c1ccc(CN)cc1)C1CC1. The average molecular weight is 282 g/mol. The summed E-state index contributed by atoms with van der Waals surface area (Å²) in [6, 6.07) is 7.50. The zero-order valence-electron chi connectivity index (χ0n) is 10.9. The minimum atomic E-state index is -3.31. The van der Waals surface area contributed by atoms with Crippen LogP contribution in [0.5, 0.6) is 0 Å². The number of amides is 1. The van der Waals surface area contributed by atoms with Crippen LogP contribution in [0.2, 0.25) is 0 Å². The van der Waals surface area contributed by atoms with Gasteiger partial charge in [0.15, 0.2) is 9.84 Å². The molecule has 2 N–H and O–H groups in total. The molecule has 1 aliphatic rings. The molecule has 6 heteroatoms. The van der Waals surface area contributed by atoms with Crippen molar-refractivity contribution in [1.29, 1.82) is 0 Å². The van der Waals surface area contributed by atoms with Crippen LogP contribution >= 0.6 is 0 Å². The third-order valence-corrected chi connectivity index (χ3v) is 3.79. The lowest BCUT2D eigenvalue weighted by Crippen LogP contribution is -2.37.